The van der Waals surface area contributed by atoms with Gasteiger partial charge in [0, 0.05) is 41.2 Å². The molecule has 0 fully saturated rings. The normalized spacial score (nSPS) is 13.7. The highest BCUT2D eigenvalue weighted by atomic mass is 15.1. The van der Waals surface area contributed by atoms with Crippen molar-refractivity contribution in [2.24, 2.45) is 0 Å². The van der Waals surface area contributed by atoms with Crippen LogP contribution < -0.4 is 4.90 Å². The van der Waals surface area contributed by atoms with Crippen LogP contribution in [0.15, 0.2) is 115 Å². The summed E-state index contributed by atoms with van der Waals surface area (Å²) in [5.41, 5.74) is 13.8. The van der Waals surface area contributed by atoms with Gasteiger partial charge in [-0.25, -0.2) is 4.98 Å². The lowest BCUT2D eigenvalue weighted by Gasteiger charge is -2.37. The standard InChI is InChI=1S/C43H31N5/c44-26-28-14-18-30(19-15-28)38-36-12-4-5-13-37(36)39(31-20-16-29(27-45)17-21-31)42-40(38)46-43(48(42)35-10-2-1-3-11-35)34-24-32-8-6-22-47-23-7-9-33(25-34)41(32)47/h1-5,10-21,24-25H,6-9,22-23H2. The Kier molecular flexibility index (Phi) is 6.59. The zero-order chi connectivity index (χ0) is 32.2. The molecule has 1 aromatic heterocycles. The number of imidazole rings is 1. The minimum Gasteiger partial charge on any atom is -0.371 e. The van der Waals surface area contributed by atoms with Crippen molar-refractivity contribution in [3.05, 3.63) is 138 Å². The summed E-state index contributed by atoms with van der Waals surface area (Å²) in [5, 5.41) is 21.4. The molecule has 2 aliphatic heterocycles. The first-order valence-corrected chi connectivity index (χ1v) is 16.7. The van der Waals surface area contributed by atoms with Crippen LogP contribution in [0.2, 0.25) is 0 Å². The number of nitriles is 2. The van der Waals surface area contributed by atoms with Crippen LogP contribution in [-0.2, 0) is 12.8 Å². The van der Waals surface area contributed by atoms with Crippen LogP contribution in [0.3, 0.4) is 0 Å². The number of nitrogens with zero attached hydrogens (tertiary/aromatic N) is 5. The Morgan fingerprint density at radius 2 is 1.12 bits per heavy atom. The van der Waals surface area contributed by atoms with Gasteiger partial charge < -0.3 is 4.90 Å². The van der Waals surface area contributed by atoms with E-state index in [1.54, 1.807) is 0 Å². The predicted octanol–water partition coefficient (Wildman–Crippen LogP) is 9.62. The fourth-order valence-corrected chi connectivity index (χ4v) is 7.96. The molecule has 7 aromatic rings. The second kappa shape index (κ2) is 11.3. The largest absolute Gasteiger partial charge is 0.371 e. The maximum Gasteiger partial charge on any atom is 0.145 e. The van der Waals surface area contributed by atoms with Crippen molar-refractivity contribution in [1.29, 1.82) is 10.5 Å². The summed E-state index contributed by atoms with van der Waals surface area (Å²) in [7, 11) is 0. The van der Waals surface area contributed by atoms with Crippen molar-refractivity contribution in [2.45, 2.75) is 25.7 Å². The summed E-state index contributed by atoms with van der Waals surface area (Å²) >= 11 is 0. The number of hydrogen-bond acceptors (Lipinski definition) is 4. The summed E-state index contributed by atoms with van der Waals surface area (Å²) in [5.74, 6) is 0.915. The highest BCUT2D eigenvalue weighted by molar-refractivity contribution is 6.20. The van der Waals surface area contributed by atoms with Crippen molar-refractivity contribution in [3.8, 4) is 51.5 Å². The Morgan fingerprint density at radius 1 is 0.583 bits per heavy atom. The van der Waals surface area contributed by atoms with Gasteiger partial charge in [-0.05, 0) is 107 Å². The van der Waals surface area contributed by atoms with Gasteiger partial charge in [0.25, 0.3) is 0 Å². The predicted molar refractivity (Wildman–Crippen MR) is 193 cm³/mol. The number of rotatable bonds is 4. The molecule has 3 heterocycles. The molecule has 5 heteroatoms. The number of fused-ring (bicyclic) bond motifs is 2. The monoisotopic (exact) mass is 617 g/mol. The molecule has 0 atom stereocenters. The third-order valence-corrected chi connectivity index (χ3v) is 10.0. The van der Waals surface area contributed by atoms with E-state index in [1.807, 2.05) is 36.4 Å². The first kappa shape index (κ1) is 28.1. The maximum absolute atomic E-state index is 9.62. The van der Waals surface area contributed by atoms with Crippen LogP contribution in [0.4, 0.5) is 5.69 Å². The van der Waals surface area contributed by atoms with E-state index in [1.165, 1.54) is 29.7 Å². The van der Waals surface area contributed by atoms with Crippen molar-refractivity contribution in [3.63, 3.8) is 0 Å². The second-order valence-corrected chi connectivity index (χ2v) is 12.8. The zero-order valence-electron chi connectivity index (χ0n) is 26.4. The Morgan fingerprint density at radius 3 is 1.71 bits per heavy atom. The quantitative estimate of drug-likeness (QED) is 0.197. The number of anilines is 1. The van der Waals surface area contributed by atoms with E-state index in [0.29, 0.717) is 11.1 Å². The topological polar surface area (TPSA) is 68.6 Å². The number of hydrogen-bond donors (Lipinski definition) is 0. The van der Waals surface area contributed by atoms with Crippen LogP contribution in [0, 0.1) is 22.7 Å². The van der Waals surface area contributed by atoms with E-state index in [2.05, 4.69) is 100 Å². The number of para-hydroxylation sites is 1. The van der Waals surface area contributed by atoms with E-state index >= 15 is 0 Å². The minimum absolute atomic E-state index is 0.626. The van der Waals surface area contributed by atoms with Crippen LogP contribution in [0.25, 0.3) is 61.1 Å². The summed E-state index contributed by atoms with van der Waals surface area (Å²) in [6.07, 6.45) is 4.49. The molecule has 48 heavy (non-hydrogen) atoms. The average Bonchev–Trinajstić information content (AvgIpc) is 3.54. The number of aryl methyl sites for hydroxylation is 2. The molecule has 2 aliphatic rings. The number of benzene rings is 6. The van der Waals surface area contributed by atoms with Gasteiger partial charge in [0.15, 0.2) is 0 Å². The lowest BCUT2D eigenvalue weighted by molar-refractivity contribution is 0.634. The van der Waals surface area contributed by atoms with Crippen LogP contribution in [0.1, 0.15) is 35.1 Å². The third kappa shape index (κ3) is 4.40. The minimum atomic E-state index is 0.626. The highest BCUT2D eigenvalue weighted by Gasteiger charge is 2.28. The lowest BCUT2D eigenvalue weighted by atomic mass is 9.89. The Labute approximate surface area is 279 Å². The SMILES string of the molecule is N#Cc1ccc(-c2c3ccccc3c(-c3ccc(C#N)cc3)c3c2nc(-c2cc4c5c(c2)CCCN5CCC4)n3-c2ccccc2)cc1. The molecule has 0 amide bonds. The fraction of sp³-hybridized carbons (Fsp3) is 0.140. The first-order chi connectivity index (χ1) is 23.7. The van der Waals surface area contributed by atoms with Gasteiger partial charge in [-0.15, -0.1) is 0 Å². The first-order valence-electron chi connectivity index (χ1n) is 16.7. The molecule has 0 saturated heterocycles. The summed E-state index contributed by atoms with van der Waals surface area (Å²) in [6.45, 7) is 2.27. The number of aromatic nitrogens is 2. The third-order valence-electron chi connectivity index (χ3n) is 10.0. The van der Waals surface area contributed by atoms with E-state index in [4.69, 9.17) is 4.98 Å². The molecule has 0 spiro atoms. The van der Waals surface area contributed by atoms with Crippen molar-refractivity contribution in [1.82, 2.24) is 9.55 Å². The van der Waals surface area contributed by atoms with E-state index in [0.717, 1.165) is 87.1 Å². The van der Waals surface area contributed by atoms with E-state index < -0.39 is 0 Å². The Hall–Kier alpha value is -6.17. The molecule has 0 aliphatic carbocycles. The van der Waals surface area contributed by atoms with Gasteiger partial charge in [0.05, 0.1) is 34.3 Å². The molecule has 0 saturated carbocycles. The van der Waals surface area contributed by atoms with Crippen molar-refractivity contribution >= 4 is 27.5 Å². The van der Waals surface area contributed by atoms with Crippen molar-refractivity contribution < 1.29 is 0 Å². The maximum atomic E-state index is 9.62. The van der Waals surface area contributed by atoms with Gasteiger partial charge in [-0.3, -0.25) is 4.57 Å². The molecule has 5 nitrogen and oxygen atoms in total. The van der Waals surface area contributed by atoms with Gasteiger partial charge >= 0.3 is 0 Å². The lowest BCUT2D eigenvalue weighted by Crippen LogP contribution is -2.34. The molecule has 0 unspecified atom stereocenters. The molecule has 228 valence electrons. The molecule has 9 rings (SSSR count). The molecule has 6 aromatic carbocycles. The second-order valence-electron chi connectivity index (χ2n) is 12.8. The zero-order valence-corrected chi connectivity index (χ0v) is 26.4. The average molecular weight is 618 g/mol. The van der Waals surface area contributed by atoms with Crippen LogP contribution in [0.5, 0.6) is 0 Å². The Bertz CT molecular complexity index is 2430. The van der Waals surface area contributed by atoms with E-state index in [-0.39, 0.29) is 0 Å². The highest BCUT2D eigenvalue weighted by Crippen LogP contribution is 2.47. The van der Waals surface area contributed by atoms with Gasteiger partial charge in [0.1, 0.15) is 5.82 Å². The van der Waals surface area contributed by atoms with Crippen LogP contribution in [-0.4, -0.2) is 22.6 Å². The molecule has 0 bridgehead atoms. The van der Waals surface area contributed by atoms with Gasteiger partial charge in [-0.1, -0.05) is 66.7 Å². The molecular formula is C43H31N5. The van der Waals surface area contributed by atoms with Crippen molar-refractivity contribution in [2.75, 3.05) is 18.0 Å². The molecular weight excluding hydrogens is 587 g/mol. The summed E-state index contributed by atoms with van der Waals surface area (Å²) < 4.78 is 2.35. The van der Waals surface area contributed by atoms with Crippen LogP contribution >= 0.6 is 0 Å². The summed E-state index contributed by atoms with van der Waals surface area (Å²) in [4.78, 5) is 8.23. The molecule has 0 radical (unpaired) electrons. The van der Waals surface area contributed by atoms with Gasteiger partial charge in [0.2, 0.25) is 0 Å². The fourth-order valence-electron chi connectivity index (χ4n) is 7.96. The molecule has 0 N–H and O–H groups in total. The smallest absolute Gasteiger partial charge is 0.145 e. The Balaban J connectivity index is 1.46. The summed E-state index contributed by atoms with van der Waals surface area (Å²) in [6, 6.07) is 44.2. The van der Waals surface area contributed by atoms with Gasteiger partial charge in [-0.2, -0.15) is 10.5 Å². The van der Waals surface area contributed by atoms with E-state index in [9.17, 15) is 10.5 Å².